The van der Waals surface area contributed by atoms with E-state index in [9.17, 15) is 18.3 Å². The molecule has 0 bridgehead atoms. The Bertz CT molecular complexity index is 452. The second kappa shape index (κ2) is 6.31. The molecule has 1 aromatic heterocycles. The van der Waals surface area contributed by atoms with Gasteiger partial charge in [0.05, 0.1) is 17.0 Å². The van der Waals surface area contributed by atoms with Gasteiger partial charge in [0.1, 0.15) is 0 Å². The van der Waals surface area contributed by atoms with Crippen molar-refractivity contribution in [2.75, 3.05) is 0 Å². The van der Waals surface area contributed by atoms with Crippen molar-refractivity contribution in [3.8, 4) is 0 Å². The van der Waals surface area contributed by atoms with Gasteiger partial charge in [-0.05, 0) is 36.8 Å². The zero-order valence-electron chi connectivity index (χ0n) is 10.9. The average Bonchev–Trinajstić information content (AvgIpc) is 2.40. The van der Waals surface area contributed by atoms with Gasteiger partial charge in [0.25, 0.3) is 0 Å². The zero-order valence-corrected chi connectivity index (χ0v) is 11.7. The van der Waals surface area contributed by atoms with Gasteiger partial charge in [-0.15, -0.1) is 0 Å². The Hall–Kier alpha value is -0.810. The Morgan fingerprint density at radius 1 is 1.40 bits per heavy atom. The Labute approximate surface area is 121 Å². The number of alkyl halides is 3. The van der Waals surface area contributed by atoms with E-state index in [1.807, 2.05) is 0 Å². The molecule has 0 amide bonds. The minimum absolute atomic E-state index is 0.00731. The highest BCUT2D eigenvalue weighted by atomic mass is 35.5. The van der Waals surface area contributed by atoms with Crippen LogP contribution in [0, 0.1) is 11.8 Å². The molecule has 0 radical (unpaired) electrons. The summed E-state index contributed by atoms with van der Waals surface area (Å²) in [6.07, 6.45) is -0.317. The third-order valence-electron chi connectivity index (χ3n) is 4.01. The van der Waals surface area contributed by atoms with E-state index >= 15 is 0 Å². The van der Waals surface area contributed by atoms with Gasteiger partial charge in [-0.25, -0.2) is 0 Å². The van der Waals surface area contributed by atoms with Crippen LogP contribution in [0.25, 0.3) is 0 Å². The minimum Gasteiger partial charge on any atom is -0.392 e. The molecule has 1 aliphatic carbocycles. The molecular weight excluding hydrogens is 291 g/mol. The Morgan fingerprint density at radius 2 is 2.15 bits per heavy atom. The van der Waals surface area contributed by atoms with Crippen LogP contribution in [-0.4, -0.2) is 22.4 Å². The van der Waals surface area contributed by atoms with E-state index in [-0.39, 0.29) is 25.2 Å². The minimum atomic E-state index is -4.16. The van der Waals surface area contributed by atoms with Gasteiger partial charge >= 0.3 is 6.18 Å². The fourth-order valence-corrected chi connectivity index (χ4v) is 3.03. The molecule has 0 aliphatic heterocycles. The third-order valence-corrected chi connectivity index (χ3v) is 4.35. The quantitative estimate of drug-likeness (QED) is 0.915. The van der Waals surface area contributed by atoms with E-state index in [0.717, 1.165) is 5.56 Å². The smallest absolute Gasteiger partial charge is 0.391 e. The summed E-state index contributed by atoms with van der Waals surface area (Å²) in [5.74, 6) is -1.61. The predicted molar refractivity (Wildman–Crippen MR) is 70.5 cm³/mol. The van der Waals surface area contributed by atoms with Crippen LogP contribution in [0.3, 0.4) is 0 Å². The number of hydrogen-bond acceptors (Lipinski definition) is 2. The molecule has 1 saturated carbocycles. The Balaban J connectivity index is 1.99. The van der Waals surface area contributed by atoms with Gasteiger partial charge in [0.15, 0.2) is 0 Å². The summed E-state index contributed by atoms with van der Waals surface area (Å²) >= 11 is 5.95. The van der Waals surface area contributed by atoms with Crippen LogP contribution in [-0.2, 0) is 6.42 Å². The van der Waals surface area contributed by atoms with Crippen LogP contribution in [0.1, 0.15) is 31.2 Å². The van der Waals surface area contributed by atoms with Crippen molar-refractivity contribution in [2.45, 2.75) is 44.4 Å². The van der Waals surface area contributed by atoms with Crippen molar-refractivity contribution in [2.24, 2.45) is 11.8 Å². The summed E-state index contributed by atoms with van der Waals surface area (Å²) in [6, 6.07) is 1.69. The lowest BCUT2D eigenvalue weighted by Gasteiger charge is -2.33. The lowest BCUT2D eigenvalue weighted by molar-refractivity contribution is -0.188. The van der Waals surface area contributed by atoms with E-state index < -0.39 is 18.2 Å². The molecule has 0 saturated heterocycles. The fraction of sp³-hybridized carbons (Fsp3) is 0.643. The molecule has 1 N–H and O–H groups in total. The number of hydrogen-bond donors (Lipinski definition) is 1. The number of halogens is 4. The third kappa shape index (κ3) is 3.85. The number of nitrogens with zero attached hydrogens (tertiary/aromatic N) is 1. The second-order valence-corrected chi connectivity index (χ2v) is 5.81. The molecule has 1 aromatic rings. The lowest BCUT2D eigenvalue weighted by Crippen LogP contribution is -2.34. The first-order valence-electron chi connectivity index (χ1n) is 6.71. The Morgan fingerprint density at radius 3 is 2.80 bits per heavy atom. The van der Waals surface area contributed by atoms with Crippen molar-refractivity contribution in [3.05, 3.63) is 29.0 Å². The number of pyridine rings is 1. The van der Waals surface area contributed by atoms with Gasteiger partial charge in [0.2, 0.25) is 0 Å². The predicted octanol–water partition coefficient (Wildman–Crippen LogP) is 4.01. The summed E-state index contributed by atoms with van der Waals surface area (Å²) in [6.45, 7) is 0. The monoisotopic (exact) mass is 307 g/mol. The van der Waals surface area contributed by atoms with Crippen LogP contribution in [0.2, 0.25) is 5.02 Å². The summed E-state index contributed by atoms with van der Waals surface area (Å²) in [4.78, 5) is 3.85. The van der Waals surface area contributed by atoms with E-state index in [0.29, 0.717) is 17.9 Å². The first-order chi connectivity index (χ1) is 9.38. The topological polar surface area (TPSA) is 33.1 Å². The highest BCUT2D eigenvalue weighted by Gasteiger charge is 2.43. The maximum absolute atomic E-state index is 12.8. The fourth-order valence-electron chi connectivity index (χ4n) is 2.84. The highest BCUT2D eigenvalue weighted by molar-refractivity contribution is 6.31. The summed E-state index contributed by atoms with van der Waals surface area (Å²) in [7, 11) is 0. The van der Waals surface area contributed by atoms with Gasteiger partial charge in [-0.3, -0.25) is 4.98 Å². The van der Waals surface area contributed by atoms with E-state index in [2.05, 4.69) is 4.98 Å². The van der Waals surface area contributed by atoms with Crippen molar-refractivity contribution >= 4 is 11.6 Å². The van der Waals surface area contributed by atoms with Gasteiger partial charge in [0, 0.05) is 18.8 Å². The molecular formula is C14H17ClF3NO. The summed E-state index contributed by atoms with van der Waals surface area (Å²) < 4.78 is 38.3. The second-order valence-electron chi connectivity index (χ2n) is 5.40. The molecule has 1 aliphatic rings. The van der Waals surface area contributed by atoms with Crippen LogP contribution in [0.4, 0.5) is 13.2 Å². The standard InChI is InChI=1S/C14H17ClF3NO/c15-12-8-19-5-4-9(12)7-13(20)10-2-1-3-11(6-10)14(16,17)18/h4-5,8,10-11,13,20H,1-3,6-7H2. The van der Waals surface area contributed by atoms with Crippen LogP contribution >= 0.6 is 11.6 Å². The van der Waals surface area contributed by atoms with Crippen LogP contribution < -0.4 is 0 Å². The molecule has 20 heavy (non-hydrogen) atoms. The number of aromatic nitrogens is 1. The van der Waals surface area contributed by atoms with Gasteiger partial charge in [-0.1, -0.05) is 18.0 Å². The van der Waals surface area contributed by atoms with E-state index in [1.165, 1.54) is 6.20 Å². The summed E-state index contributed by atoms with van der Waals surface area (Å²) in [5.41, 5.74) is 0.725. The first kappa shape index (κ1) is 15.6. The van der Waals surface area contributed by atoms with Gasteiger partial charge in [-0.2, -0.15) is 13.2 Å². The first-order valence-corrected chi connectivity index (χ1v) is 7.09. The van der Waals surface area contributed by atoms with Crippen LogP contribution in [0.15, 0.2) is 18.5 Å². The maximum Gasteiger partial charge on any atom is 0.391 e. The zero-order chi connectivity index (χ0) is 14.8. The number of aliphatic hydroxyl groups excluding tert-OH is 1. The van der Waals surface area contributed by atoms with Crippen molar-refractivity contribution in [3.63, 3.8) is 0 Å². The molecule has 2 rings (SSSR count). The van der Waals surface area contributed by atoms with Crippen molar-refractivity contribution < 1.29 is 18.3 Å². The summed E-state index contributed by atoms with van der Waals surface area (Å²) in [5, 5.41) is 10.6. The molecule has 6 heteroatoms. The highest BCUT2D eigenvalue weighted by Crippen LogP contribution is 2.41. The Kier molecular flexibility index (Phi) is 4.91. The molecule has 0 spiro atoms. The molecule has 2 nitrogen and oxygen atoms in total. The molecule has 3 unspecified atom stereocenters. The van der Waals surface area contributed by atoms with Crippen LogP contribution in [0.5, 0.6) is 0 Å². The molecule has 1 fully saturated rings. The molecule has 0 aromatic carbocycles. The van der Waals surface area contributed by atoms with Crippen molar-refractivity contribution in [1.82, 2.24) is 4.98 Å². The maximum atomic E-state index is 12.8. The van der Waals surface area contributed by atoms with E-state index in [1.54, 1.807) is 12.3 Å². The average molecular weight is 308 g/mol. The number of aliphatic hydroxyl groups is 1. The largest absolute Gasteiger partial charge is 0.392 e. The van der Waals surface area contributed by atoms with E-state index in [4.69, 9.17) is 11.6 Å². The normalized spacial score (nSPS) is 25.4. The molecule has 112 valence electrons. The van der Waals surface area contributed by atoms with Crippen molar-refractivity contribution in [1.29, 1.82) is 0 Å². The van der Waals surface area contributed by atoms with Gasteiger partial charge < -0.3 is 5.11 Å². The molecule has 3 atom stereocenters. The SMILES string of the molecule is OC(Cc1ccncc1Cl)C1CCCC(C(F)(F)F)C1. The number of rotatable bonds is 3. The lowest BCUT2D eigenvalue weighted by atomic mass is 9.77. The molecule has 1 heterocycles.